The molecule has 0 saturated carbocycles. The van der Waals surface area contributed by atoms with Gasteiger partial charge in [-0.1, -0.05) is 36.4 Å². The molecule has 0 aromatic heterocycles. The van der Waals surface area contributed by atoms with Crippen LogP contribution in [0.5, 0.6) is 0 Å². The molecular weight excluding hydrogens is 234 g/mol. The summed E-state index contributed by atoms with van der Waals surface area (Å²) in [6, 6.07) is 9.41. The van der Waals surface area contributed by atoms with Crippen LogP contribution in [-0.4, -0.2) is 23.9 Å². The predicted octanol–water partition coefficient (Wildman–Crippen LogP) is 3.29. The van der Waals surface area contributed by atoms with Crippen molar-refractivity contribution in [2.24, 2.45) is 5.92 Å². The summed E-state index contributed by atoms with van der Waals surface area (Å²) < 4.78 is 0. The number of carbonyl (C=O) groups excluding carboxylic acids is 1. The third kappa shape index (κ3) is 2.89. The quantitative estimate of drug-likeness (QED) is 0.788. The van der Waals surface area contributed by atoms with Crippen molar-refractivity contribution in [3.63, 3.8) is 0 Å². The first kappa shape index (κ1) is 12.2. The van der Waals surface area contributed by atoms with E-state index in [1.807, 2.05) is 35.2 Å². The first-order valence-electron chi connectivity index (χ1n) is 5.87. The normalized spacial score (nSPS) is 16.9. The largest absolute Gasteiger partial charge is 0.339 e. The smallest absolute Gasteiger partial charge is 0.253 e. The van der Waals surface area contributed by atoms with E-state index in [0.29, 0.717) is 5.92 Å². The number of hydrogen-bond donors (Lipinski definition) is 0. The van der Waals surface area contributed by atoms with E-state index in [0.717, 1.165) is 36.5 Å². The lowest BCUT2D eigenvalue weighted by atomic mass is 9.96. The van der Waals surface area contributed by atoms with Crippen LogP contribution in [-0.2, 0) is 0 Å². The van der Waals surface area contributed by atoms with Crippen LogP contribution in [0, 0.1) is 5.92 Å². The summed E-state index contributed by atoms with van der Waals surface area (Å²) in [4.78, 5) is 14.0. The van der Waals surface area contributed by atoms with E-state index >= 15 is 0 Å². The van der Waals surface area contributed by atoms with Crippen molar-refractivity contribution in [3.8, 4) is 0 Å². The zero-order chi connectivity index (χ0) is 12.3. The molecule has 0 bridgehead atoms. The molecule has 2 nitrogen and oxygen atoms in total. The molecule has 1 amide bonds. The minimum atomic E-state index is 0.115. The van der Waals surface area contributed by atoms with Crippen molar-refractivity contribution in [2.75, 3.05) is 13.1 Å². The minimum Gasteiger partial charge on any atom is -0.339 e. The van der Waals surface area contributed by atoms with Gasteiger partial charge in [0.15, 0.2) is 0 Å². The number of rotatable bonds is 2. The number of hydrogen-bond acceptors (Lipinski definition) is 1. The molecule has 2 rings (SSSR count). The Labute approximate surface area is 107 Å². The van der Waals surface area contributed by atoms with Crippen LogP contribution in [0.3, 0.4) is 0 Å². The molecule has 0 N–H and O–H groups in total. The van der Waals surface area contributed by atoms with Gasteiger partial charge in [0.05, 0.1) is 0 Å². The third-order valence-electron chi connectivity index (χ3n) is 3.25. The minimum absolute atomic E-state index is 0.115. The van der Waals surface area contributed by atoms with Crippen LogP contribution in [0.15, 0.2) is 41.9 Å². The van der Waals surface area contributed by atoms with Gasteiger partial charge in [-0.3, -0.25) is 4.79 Å². The summed E-state index contributed by atoms with van der Waals surface area (Å²) in [5.74, 6) is 0.473. The summed E-state index contributed by atoms with van der Waals surface area (Å²) in [5.41, 5.74) is 0.760. The van der Waals surface area contributed by atoms with E-state index in [2.05, 4.69) is 6.58 Å². The summed E-state index contributed by atoms with van der Waals surface area (Å²) in [6.45, 7) is 5.30. The second kappa shape index (κ2) is 5.37. The van der Waals surface area contributed by atoms with E-state index in [-0.39, 0.29) is 5.91 Å². The van der Waals surface area contributed by atoms with Crippen molar-refractivity contribution in [1.29, 1.82) is 0 Å². The molecule has 0 unspecified atom stereocenters. The molecule has 90 valence electrons. The highest BCUT2D eigenvalue weighted by atomic mass is 35.5. The number of halogens is 1. The molecule has 1 fully saturated rings. The van der Waals surface area contributed by atoms with Crippen molar-refractivity contribution < 1.29 is 4.79 Å². The molecule has 0 atom stereocenters. The topological polar surface area (TPSA) is 20.3 Å². The summed E-state index contributed by atoms with van der Waals surface area (Å²) in [7, 11) is 0. The number of likely N-dealkylation sites (tertiary alicyclic amines) is 1. The van der Waals surface area contributed by atoms with E-state index in [9.17, 15) is 4.79 Å². The highest BCUT2D eigenvalue weighted by Crippen LogP contribution is 2.26. The lowest BCUT2D eigenvalue weighted by Crippen LogP contribution is -2.38. The van der Waals surface area contributed by atoms with Crippen molar-refractivity contribution in [3.05, 3.63) is 47.5 Å². The maximum atomic E-state index is 12.1. The van der Waals surface area contributed by atoms with Gasteiger partial charge in [-0.05, 0) is 30.9 Å². The van der Waals surface area contributed by atoms with Crippen LogP contribution in [0.1, 0.15) is 23.2 Å². The van der Waals surface area contributed by atoms with Crippen LogP contribution >= 0.6 is 11.6 Å². The average Bonchev–Trinajstić information content (AvgIpc) is 2.39. The van der Waals surface area contributed by atoms with Crippen LogP contribution in [0.25, 0.3) is 0 Å². The fourth-order valence-corrected chi connectivity index (χ4v) is 2.38. The monoisotopic (exact) mass is 249 g/mol. The second-order valence-corrected chi connectivity index (χ2v) is 4.86. The Bertz CT molecular complexity index is 407. The van der Waals surface area contributed by atoms with Gasteiger partial charge in [-0.15, -0.1) is 0 Å². The first-order valence-corrected chi connectivity index (χ1v) is 6.25. The average molecular weight is 250 g/mol. The molecule has 1 aliphatic heterocycles. The SMILES string of the molecule is C=C(Cl)C1CCN(C(=O)c2ccccc2)CC1. The van der Waals surface area contributed by atoms with Crippen LogP contribution in [0.4, 0.5) is 0 Å². The van der Waals surface area contributed by atoms with Gasteiger partial charge in [-0.25, -0.2) is 0 Å². The maximum absolute atomic E-state index is 12.1. The van der Waals surface area contributed by atoms with Gasteiger partial charge in [0.25, 0.3) is 5.91 Å². The zero-order valence-corrected chi connectivity index (χ0v) is 10.5. The highest BCUT2D eigenvalue weighted by Gasteiger charge is 2.24. The highest BCUT2D eigenvalue weighted by molar-refractivity contribution is 6.29. The summed E-state index contributed by atoms with van der Waals surface area (Å²) in [5, 5.41) is 0.719. The maximum Gasteiger partial charge on any atom is 0.253 e. The van der Waals surface area contributed by atoms with Crippen molar-refractivity contribution in [1.82, 2.24) is 4.90 Å². The molecule has 0 spiro atoms. The van der Waals surface area contributed by atoms with Gasteiger partial charge in [-0.2, -0.15) is 0 Å². The molecule has 1 aliphatic rings. The van der Waals surface area contributed by atoms with E-state index in [4.69, 9.17) is 11.6 Å². The van der Waals surface area contributed by atoms with Gasteiger partial charge >= 0.3 is 0 Å². The lowest BCUT2D eigenvalue weighted by molar-refractivity contribution is 0.0704. The number of allylic oxidation sites excluding steroid dienone is 1. The number of piperidine rings is 1. The third-order valence-corrected chi connectivity index (χ3v) is 3.55. The van der Waals surface area contributed by atoms with Crippen molar-refractivity contribution >= 4 is 17.5 Å². The molecule has 1 saturated heterocycles. The standard InChI is InChI=1S/C14H16ClNO/c1-11(15)12-7-9-16(10-8-12)14(17)13-5-3-2-4-6-13/h2-6,12H,1,7-10H2. The molecule has 1 heterocycles. The fraction of sp³-hybridized carbons (Fsp3) is 0.357. The summed E-state index contributed by atoms with van der Waals surface area (Å²) in [6.07, 6.45) is 1.84. The lowest BCUT2D eigenvalue weighted by Gasteiger charge is -2.31. The van der Waals surface area contributed by atoms with Crippen molar-refractivity contribution in [2.45, 2.75) is 12.8 Å². The number of nitrogens with zero attached hydrogens (tertiary/aromatic N) is 1. The number of benzene rings is 1. The van der Waals surface area contributed by atoms with E-state index < -0.39 is 0 Å². The molecule has 17 heavy (non-hydrogen) atoms. The Morgan fingerprint density at radius 1 is 1.24 bits per heavy atom. The molecule has 0 radical (unpaired) electrons. The van der Waals surface area contributed by atoms with E-state index in [1.54, 1.807) is 0 Å². The second-order valence-electron chi connectivity index (χ2n) is 4.38. The Morgan fingerprint density at radius 2 is 1.82 bits per heavy atom. The fourth-order valence-electron chi connectivity index (χ4n) is 2.16. The predicted molar refractivity (Wildman–Crippen MR) is 70.1 cm³/mol. The van der Waals surface area contributed by atoms with Crippen LogP contribution < -0.4 is 0 Å². The number of amides is 1. The Kier molecular flexibility index (Phi) is 3.85. The molecule has 1 aromatic rings. The number of carbonyl (C=O) groups is 1. The molecule has 1 aromatic carbocycles. The zero-order valence-electron chi connectivity index (χ0n) is 9.73. The van der Waals surface area contributed by atoms with Gasteiger partial charge in [0.2, 0.25) is 0 Å². The Balaban J connectivity index is 1.98. The van der Waals surface area contributed by atoms with Gasteiger partial charge < -0.3 is 4.90 Å². The molecule has 3 heteroatoms. The van der Waals surface area contributed by atoms with E-state index in [1.165, 1.54) is 0 Å². The van der Waals surface area contributed by atoms with Crippen LogP contribution in [0.2, 0.25) is 0 Å². The summed E-state index contributed by atoms with van der Waals surface area (Å²) >= 11 is 5.90. The van der Waals surface area contributed by atoms with Gasteiger partial charge in [0, 0.05) is 23.7 Å². The molecule has 0 aliphatic carbocycles. The Hall–Kier alpha value is -1.28. The Morgan fingerprint density at radius 3 is 2.35 bits per heavy atom. The first-order chi connectivity index (χ1) is 8.18. The molecular formula is C14H16ClNO. The van der Waals surface area contributed by atoms with Gasteiger partial charge in [0.1, 0.15) is 0 Å².